The number of ether oxygens (including phenoxy) is 1. The summed E-state index contributed by atoms with van der Waals surface area (Å²) in [6.45, 7) is 1.31. The molecular weight excluding hydrogens is 396 g/mol. The van der Waals surface area contributed by atoms with Gasteiger partial charge in [-0.2, -0.15) is 15.1 Å². The van der Waals surface area contributed by atoms with Gasteiger partial charge in [-0.05, 0) is 31.0 Å². The van der Waals surface area contributed by atoms with Gasteiger partial charge in [0.2, 0.25) is 5.88 Å². The second kappa shape index (κ2) is 8.02. The second-order valence-electron chi connectivity index (χ2n) is 7.39. The van der Waals surface area contributed by atoms with Crippen LogP contribution in [0.5, 0.6) is 17.6 Å². The third kappa shape index (κ3) is 3.89. The molecule has 0 saturated carbocycles. The van der Waals surface area contributed by atoms with Crippen LogP contribution in [0.15, 0.2) is 61.2 Å². The largest absolute Gasteiger partial charge is 0.493 e. The van der Waals surface area contributed by atoms with Gasteiger partial charge in [-0.1, -0.05) is 18.2 Å². The molecule has 0 radical (unpaired) electrons. The first-order valence-electron chi connectivity index (χ1n) is 10.0. The molecule has 1 fully saturated rings. The number of rotatable bonds is 4. The molecule has 9 nitrogen and oxygen atoms in total. The Kier molecular flexibility index (Phi) is 4.91. The molecule has 1 N–H and O–H groups in total. The van der Waals surface area contributed by atoms with Crippen LogP contribution in [0.1, 0.15) is 29.2 Å². The lowest BCUT2D eigenvalue weighted by molar-refractivity contribution is 0.0673. The third-order valence-electron chi connectivity index (χ3n) is 5.32. The van der Waals surface area contributed by atoms with Crippen molar-refractivity contribution in [2.45, 2.75) is 18.9 Å². The van der Waals surface area contributed by atoms with Gasteiger partial charge in [0.05, 0.1) is 35.5 Å². The predicted molar refractivity (Wildman–Crippen MR) is 112 cm³/mol. The van der Waals surface area contributed by atoms with Gasteiger partial charge in [0, 0.05) is 24.8 Å². The minimum absolute atomic E-state index is 0.0158. The van der Waals surface area contributed by atoms with E-state index in [2.05, 4.69) is 20.1 Å². The first kappa shape index (κ1) is 19.0. The Morgan fingerprint density at radius 2 is 2.00 bits per heavy atom. The van der Waals surface area contributed by atoms with E-state index in [9.17, 15) is 9.90 Å². The highest BCUT2D eigenvalue weighted by atomic mass is 16.5. The molecule has 1 amide bonds. The molecule has 5 rings (SSSR count). The van der Waals surface area contributed by atoms with Crippen molar-refractivity contribution in [3.63, 3.8) is 0 Å². The monoisotopic (exact) mass is 416 g/mol. The number of nitrogens with zero attached hydrogens (tertiary/aromatic N) is 6. The van der Waals surface area contributed by atoms with Gasteiger partial charge in [0.1, 0.15) is 0 Å². The number of piperidine rings is 1. The molecule has 1 atom stereocenters. The number of carbonyl (C=O) groups is 1. The van der Waals surface area contributed by atoms with E-state index in [-0.39, 0.29) is 23.8 Å². The van der Waals surface area contributed by atoms with Crippen molar-refractivity contribution < 1.29 is 14.6 Å². The van der Waals surface area contributed by atoms with Crippen LogP contribution < -0.4 is 4.74 Å². The lowest BCUT2D eigenvalue weighted by Gasteiger charge is -2.32. The molecule has 1 saturated heterocycles. The summed E-state index contributed by atoms with van der Waals surface area (Å²) in [5.74, 6) is 0.314. The topological polar surface area (TPSA) is 106 Å². The van der Waals surface area contributed by atoms with Crippen LogP contribution in [0, 0.1) is 0 Å². The molecule has 156 valence electrons. The Morgan fingerprint density at radius 1 is 1.13 bits per heavy atom. The summed E-state index contributed by atoms with van der Waals surface area (Å²) in [5.41, 5.74) is 1.18. The molecule has 0 spiro atoms. The van der Waals surface area contributed by atoms with Gasteiger partial charge >= 0.3 is 6.01 Å². The van der Waals surface area contributed by atoms with Gasteiger partial charge in [-0.15, -0.1) is 0 Å². The molecule has 1 aliphatic heterocycles. The summed E-state index contributed by atoms with van der Waals surface area (Å²) in [5, 5.41) is 15.0. The van der Waals surface area contributed by atoms with Crippen LogP contribution in [0.25, 0.3) is 10.9 Å². The Labute approximate surface area is 178 Å². The van der Waals surface area contributed by atoms with Crippen LogP contribution in [0.3, 0.4) is 0 Å². The van der Waals surface area contributed by atoms with E-state index in [1.54, 1.807) is 24.7 Å². The number of hydrogen-bond acceptors (Lipinski definition) is 7. The van der Waals surface area contributed by atoms with E-state index < -0.39 is 0 Å². The van der Waals surface area contributed by atoms with Crippen molar-refractivity contribution in [1.82, 2.24) is 29.6 Å². The average Bonchev–Trinajstić information content (AvgIpc) is 3.28. The van der Waals surface area contributed by atoms with E-state index in [1.165, 1.54) is 6.20 Å². The molecule has 1 aromatic carbocycles. The van der Waals surface area contributed by atoms with E-state index >= 15 is 0 Å². The summed E-state index contributed by atoms with van der Waals surface area (Å²) >= 11 is 0. The Balaban J connectivity index is 1.31. The highest BCUT2D eigenvalue weighted by molar-refractivity contribution is 5.94. The van der Waals surface area contributed by atoms with Crippen molar-refractivity contribution in [2.75, 3.05) is 13.1 Å². The summed E-state index contributed by atoms with van der Waals surface area (Å²) in [7, 11) is 0. The quantitative estimate of drug-likeness (QED) is 0.544. The number of amides is 1. The summed E-state index contributed by atoms with van der Waals surface area (Å²) < 4.78 is 7.52. The fourth-order valence-corrected chi connectivity index (χ4v) is 3.79. The normalized spacial score (nSPS) is 16.4. The maximum Gasteiger partial charge on any atom is 0.326 e. The van der Waals surface area contributed by atoms with Gasteiger partial charge < -0.3 is 14.7 Å². The van der Waals surface area contributed by atoms with Crippen molar-refractivity contribution >= 4 is 16.8 Å². The number of benzene rings is 1. The summed E-state index contributed by atoms with van der Waals surface area (Å²) in [4.78, 5) is 26.9. The number of carbonyl (C=O) groups excluding carboxylic acids is 1. The maximum atomic E-state index is 12.8. The number of likely N-dealkylation sites (tertiary alicyclic amines) is 1. The maximum absolute atomic E-state index is 12.8. The van der Waals surface area contributed by atoms with Crippen molar-refractivity contribution in [1.29, 1.82) is 0 Å². The first-order valence-corrected chi connectivity index (χ1v) is 10.0. The molecule has 1 aliphatic rings. The molecule has 3 aromatic heterocycles. The summed E-state index contributed by atoms with van der Waals surface area (Å²) in [6, 6.07) is 11.0. The molecule has 0 bridgehead atoms. The van der Waals surface area contributed by atoms with E-state index in [4.69, 9.17) is 4.74 Å². The number of aromatic hydroxyl groups is 1. The standard InChI is InChI=1S/C22H20N6O3/c29-20-18-8-9-23-12-19(18)25-22(26-20)31-17-11-24-28(14-17)16-7-4-10-27(13-16)21(30)15-5-2-1-3-6-15/h1-3,5-6,8-9,11-12,14,16H,4,7,10,13H2,(H,25,26,29)/t16-/m1/s1. The van der Waals surface area contributed by atoms with Crippen molar-refractivity contribution in [2.24, 2.45) is 0 Å². The fourth-order valence-electron chi connectivity index (χ4n) is 3.79. The molecule has 0 aliphatic carbocycles. The fraction of sp³-hybridized carbons (Fsp3) is 0.227. The number of pyridine rings is 1. The van der Waals surface area contributed by atoms with Gasteiger partial charge in [-0.25, -0.2) is 0 Å². The molecule has 31 heavy (non-hydrogen) atoms. The number of aromatic nitrogens is 5. The highest BCUT2D eigenvalue weighted by Gasteiger charge is 2.26. The van der Waals surface area contributed by atoms with E-state index in [0.29, 0.717) is 28.8 Å². The Morgan fingerprint density at radius 3 is 2.87 bits per heavy atom. The van der Waals surface area contributed by atoms with E-state index in [1.807, 2.05) is 39.9 Å². The van der Waals surface area contributed by atoms with E-state index in [0.717, 1.165) is 19.4 Å². The first-order chi connectivity index (χ1) is 15.2. The predicted octanol–water partition coefficient (Wildman–Crippen LogP) is 3.20. The molecule has 4 aromatic rings. The zero-order valence-electron chi connectivity index (χ0n) is 16.6. The molecular formula is C22H20N6O3. The van der Waals surface area contributed by atoms with Crippen LogP contribution >= 0.6 is 0 Å². The van der Waals surface area contributed by atoms with Crippen LogP contribution in [-0.4, -0.2) is 53.7 Å². The van der Waals surface area contributed by atoms with Crippen LogP contribution in [-0.2, 0) is 0 Å². The van der Waals surface area contributed by atoms with Gasteiger partial charge in [0.15, 0.2) is 5.75 Å². The Bertz CT molecular complexity index is 1230. The molecule has 0 unspecified atom stereocenters. The van der Waals surface area contributed by atoms with Crippen LogP contribution in [0.2, 0.25) is 0 Å². The lowest BCUT2D eigenvalue weighted by atomic mass is 10.0. The number of fused-ring (bicyclic) bond motifs is 1. The van der Waals surface area contributed by atoms with Crippen molar-refractivity contribution in [3.05, 3.63) is 66.7 Å². The van der Waals surface area contributed by atoms with Crippen LogP contribution in [0.4, 0.5) is 0 Å². The highest BCUT2D eigenvalue weighted by Crippen LogP contribution is 2.28. The SMILES string of the molecule is O=C(c1ccccc1)N1CCC[C@@H](n2cc(Oc3nc(O)c4ccncc4n3)cn2)C1. The zero-order chi connectivity index (χ0) is 21.2. The minimum atomic E-state index is -0.169. The smallest absolute Gasteiger partial charge is 0.326 e. The summed E-state index contributed by atoms with van der Waals surface area (Å²) in [6.07, 6.45) is 8.24. The van der Waals surface area contributed by atoms with Gasteiger partial charge in [-0.3, -0.25) is 14.5 Å². The van der Waals surface area contributed by atoms with Crippen molar-refractivity contribution in [3.8, 4) is 17.6 Å². The lowest BCUT2D eigenvalue weighted by Crippen LogP contribution is -2.40. The zero-order valence-corrected chi connectivity index (χ0v) is 16.6. The molecule has 4 heterocycles. The third-order valence-corrected chi connectivity index (χ3v) is 5.32. The second-order valence-corrected chi connectivity index (χ2v) is 7.39. The number of hydrogen-bond donors (Lipinski definition) is 1. The van der Waals surface area contributed by atoms with Gasteiger partial charge in [0.25, 0.3) is 5.91 Å². The minimum Gasteiger partial charge on any atom is -0.493 e. The molecule has 9 heteroatoms. The average molecular weight is 416 g/mol. The Hall–Kier alpha value is -4.01.